The molecule has 1 heterocycles. The Morgan fingerprint density at radius 2 is 2.24 bits per heavy atom. The summed E-state index contributed by atoms with van der Waals surface area (Å²) in [5, 5.41) is 0. The van der Waals surface area contributed by atoms with Gasteiger partial charge in [0.15, 0.2) is 11.6 Å². The van der Waals surface area contributed by atoms with Crippen LogP contribution in [0.15, 0.2) is 12.1 Å². The summed E-state index contributed by atoms with van der Waals surface area (Å²) in [5.74, 6) is 2.65. The molecule has 3 atom stereocenters. The molecule has 0 N–H and O–H groups in total. The van der Waals surface area contributed by atoms with Crippen molar-refractivity contribution in [2.45, 2.75) is 37.6 Å². The van der Waals surface area contributed by atoms with Crippen molar-refractivity contribution >= 4 is 22.6 Å². The second-order valence-electron chi connectivity index (χ2n) is 6.25. The van der Waals surface area contributed by atoms with Crippen molar-refractivity contribution in [3.63, 3.8) is 0 Å². The van der Waals surface area contributed by atoms with Gasteiger partial charge < -0.3 is 9.30 Å². The zero-order valence-electron chi connectivity index (χ0n) is 12.0. The number of fused-ring (bicyclic) bond motifs is 3. The Bertz CT molecular complexity index is 699. The van der Waals surface area contributed by atoms with Crippen LogP contribution < -0.4 is 4.74 Å². The highest BCUT2D eigenvalue weighted by Gasteiger charge is 2.41. The van der Waals surface area contributed by atoms with E-state index >= 15 is 0 Å². The number of hydrogen-bond acceptors (Lipinski definition) is 2. The Labute approximate surface area is 128 Å². The first kappa shape index (κ1) is 13.4. The average Bonchev–Trinajstić information content (AvgIpc) is 3.18. The molecule has 2 aromatic rings. The van der Waals surface area contributed by atoms with Crippen molar-refractivity contribution in [3.8, 4) is 5.75 Å². The van der Waals surface area contributed by atoms with Crippen molar-refractivity contribution in [1.29, 1.82) is 0 Å². The van der Waals surface area contributed by atoms with Crippen molar-refractivity contribution in [1.82, 2.24) is 9.55 Å². The molecule has 2 aliphatic rings. The maximum absolute atomic E-state index is 13.9. The molecule has 4 rings (SSSR count). The summed E-state index contributed by atoms with van der Waals surface area (Å²) in [6, 6.07) is 3.67. The number of methoxy groups -OCH3 is 1. The van der Waals surface area contributed by atoms with Crippen LogP contribution in [0.1, 0.15) is 37.5 Å². The summed E-state index contributed by atoms with van der Waals surface area (Å²) in [6.07, 6.45) is 5.14. The molecule has 0 aliphatic heterocycles. The lowest BCUT2D eigenvalue weighted by Crippen LogP contribution is -2.18. The number of benzene rings is 1. The quantitative estimate of drug-likeness (QED) is 0.791. The van der Waals surface area contributed by atoms with Crippen LogP contribution in [-0.2, 0) is 5.88 Å². The molecule has 2 saturated carbocycles. The SMILES string of the molecule is COc1cc2c(cc1F)nc(CCl)n2C1CC2CCC1C2. The maximum Gasteiger partial charge on any atom is 0.167 e. The molecule has 2 bridgehead atoms. The van der Waals surface area contributed by atoms with Crippen LogP contribution in [0.4, 0.5) is 4.39 Å². The molecule has 5 heteroatoms. The van der Waals surface area contributed by atoms with E-state index in [0.29, 0.717) is 23.4 Å². The van der Waals surface area contributed by atoms with Crippen LogP contribution in [0.3, 0.4) is 0 Å². The molecule has 0 saturated heterocycles. The Morgan fingerprint density at radius 1 is 1.38 bits per heavy atom. The monoisotopic (exact) mass is 308 g/mol. The minimum Gasteiger partial charge on any atom is -0.494 e. The number of ether oxygens (including phenoxy) is 1. The van der Waals surface area contributed by atoms with Crippen molar-refractivity contribution in [3.05, 3.63) is 23.8 Å². The van der Waals surface area contributed by atoms with Gasteiger partial charge >= 0.3 is 0 Å². The van der Waals surface area contributed by atoms with Crippen molar-refractivity contribution < 1.29 is 9.13 Å². The third kappa shape index (κ3) is 1.95. The second-order valence-corrected chi connectivity index (χ2v) is 6.52. The fourth-order valence-electron chi connectivity index (χ4n) is 4.29. The highest BCUT2D eigenvalue weighted by Crippen LogP contribution is 2.52. The Hall–Kier alpha value is -1.29. The molecule has 112 valence electrons. The molecule has 1 aromatic carbocycles. The molecule has 2 aliphatic carbocycles. The maximum atomic E-state index is 13.9. The summed E-state index contributed by atoms with van der Waals surface area (Å²) in [6.45, 7) is 0. The first-order valence-electron chi connectivity index (χ1n) is 7.51. The van der Waals surface area contributed by atoms with Gasteiger partial charge in [0.2, 0.25) is 0 Å². The van der Waals surface area contributed by atoms with Crippen LogP contribution in [-0.4, -0.2) is 16.7 Å². The van der Waals surface area contributed by atoms with E-state index in [1.165, 1.54) is 38.9 Å². The molecule has 1 aromatic heterocycles. The van der Waals surface area contributed by atoms with Gasteiger partial charge in [0.1, 0.15) is 5.82 Å². The summed E-state index contributed by atoms with van der Waals surface area (Å²) in [5.41, 5.74) is 1.62. The van der Waals surface area contributed by atoms with Crippen LogP contribution >= 0.6 is 11.6 Å². The van der Waals surface area contributed by atoms with Gasteiger partial charge in [-0.1, -0.05) is 6.42 Å². The van der Waals surface area contributed by atoms with Gasteiger partial charge in [-0.2, -0.15) is 0 Å². The zero-order valence-corrected chi connectivity index (χ0v) is 12.7. The summed E-state index contributed by atoms with van der Waals surface area (Å²) >= 11 is 6.09. The lowest BCUT2D eigenvalue weighted by Gasteiger charge is -2.25. The topological polar surface area (TPSA) is 27.1 Å². The summed E-state index contributed by atoms with van der Waals surface area (Å²) in [4.78, 5) is 4.53. The minimum atomic E-state index is -0.372. The summed E-state index contributed by atoms with van der Waals surface area (Å²) in [7, 11) is 1.49. The number of aromatic nitrogens is 2. The Morgan fingerprint density at radius 3 is 2.86 bits per heavy atom. The molecule has 21 heavy (non-hydrogen) atoms. The van der Waals surface area contributed by atoms with Crippen LogP contribution in [0.2, 0.25) is 0 Å². The predicted molar refractivity (Wildman–Crippen MR) is 80.3 cm³/mol. The van der Waals surface area contributed by atoms with E-state index in [2.05, 4.69) is 9.55 Å². The van der Waals surface area contributed by atoms with Gasteiger partial charge in [-0.3, -0.25) is 0 Å². The lowest BCUT2D eigenvalue weighted by atomic mass is 9.95. The normalized spacial score (nSPS) is 27.7. The zero-order chi connectivity index (χ0) is 14.6. The number of imidazole rings is 1. The van der Waals surface area contributed by atoms with E-state index < -0.39 is 0 Å². The molecule has 0 radical (unpaired) electrons. The first-order valence-corrected chi connectivity index (χ1v) is 8.05. The number of nitrogens with zero attached hydrogens (tertiary/aromatic N) is 2. The Balaban J connectivity index is 1.89. The van der Waals surface area contributed by atoms with Crippen molar-refractivity contribution in [2.24, 2.45) is 11.8 Å². The summed E-state index contributed by atoms with van der Waals surface area (Å²) < 4.78 is 21.3. The fourth-order valence-corrected chi connectivity index (χ4v) is 4.48. The number of rotatable bonds is 3. The molecular weight excluding hydrogens is 291 g/mol. The lowest BCUT2D eigenvalue weighted by molar-refractivity contribution is 0.330. The number of hydrogen-bond donors (Lipinski definition) is 0. The van der Waals surface area contributed by atoms with Crippen LogP contribution in [0, 0.1) is 17.7 Å². The van der Waals surface area contributed by atoms with Gasteiger partial charge in [-0.05, 0) is 31.1 Å². The van der Waals surface area contributed by atoms with Gasteiger partial charge in [-0.15, -0.1) is 11.6 Å². The molecule has 0 amide bonds. The highest BCUT2D eigenvalue weighted by molar-refractivity contribution is 6.16. The molecule has 3 unspecified atom stereocenters. The Kier molecular flexibility index (Phi) is 3.10. The van der Waals surface area contributed by atoms with Gasteiger partial charge in [-0.25, -0.2) is 9.37 Å². The minimum absolute atomic E-state index is 0.271. The van der Waals surface area contributed by atoms with Crippen LogP contribution in [0.25, 0.3) is 11.0 Å². The highest BCUT2D eigenvalue weighted by atomic mass is 35.5. The molecule has 3 nitrogen and oxygen atoms in total. The number of halogens is 2. The largest absolute Gasteiger partial charge is 0.494 e. The number of alkyl halides is 1. The third-order valence-corrected chi connectivity index (χ3v) is 5.43. The van der Waals surface area contributed by atoms with E-state index in [1.807, 2.05) is 0 Å². The molecular formula is C16H18ClFN2O. The van der Waals surface area contributed by atoms with Gasteiger partial charge in [0.25, 0.3) is 0 Å². The smallest absolute Gasteiger partial charge is 0.167 e. The van der Waals surface area contributed by atoms with Crippen LogP contribution in [0.5, 0.6) is 5.75 Å². The van der Waals surface area contributed by atoms with E-state index in [1.54, 1.807) is 6.07 Å². The fraction of sp³-hybridized carbons (Fsp3) is 0.562. The third-order valence-electron chi connectivity index (χ3n) is 5.19. The second kappa shape index (κ2) is 4.87. The van der Waals surface area contributed by atoms with Gasteiger partial charge in [0.05, 0.1) is 24.0 Å². The molecule has 2 fully saturated rings. The standard InChI is InChI=1S/C16H18ClFN2O/c1-21-15-7-14-12(6-11(15)18)19-16(8-17)20(14)13-5-9-2-3-10(13)4-9/h6-7,9-10,13H,2-5,8H2,1H3. The average molecular weight is 309 g/mol. The first-order chi connectivity index (χ1) is 10.2. The van der Waals surface area contributed by atoms with E-state index in [0.717, 1.165) is 17.3 Å². The van der Waals surface area contributed by atoms with Gasteiger partial charge in [0, 0.05) is 18.2 Å². The predicted octanol–water partition coefficient (Wildman–Crippen LogP) is 4.28. The van der Waals surface area contributed by atoms with E-state index in [-0.39, 0.29) is 11.6 Å². The van der Waals surface area contributed by atoms with Crippen molar-refractivity contribution in [2.75, 3.05) is 7.11 Å². The molecule has 0 spiro atoms. The van der Waals surface area contributed by atoms with E-state index in [4.69, 9.17) is 16.3 Å². The van der Waals surface area contributed by atoms with E-state index in [9.17, 15) is 4.39 Å².